The van der Waals surface area contributed by atoms with Crippen molar-refractivity contribution in [1.82, 2.24) is 9.88 Å². The highest BCUT2D eigenvalue weighted by atomic mass is 16.4. The van der Waals surface area contributed by atoms with Crippen LogP contribution < -0.4 is 4.90 Å². The normalized spacial score (nSPS) is 25.3. The Hall–Kier alpha value is -2.29. The Labute approximate surface area is 104 Å². The van der Waals surface area contributed by atoms with Gasteiger partial charge in [-0.1, -0.05) is 0 Å². The first kappa shape index (κ1) is 10.8. The smallest absolute Gasteiger partial charge is 0.407 e. The van der Waals surface area contributed by atoms with Crippen LogP contribution in [0.1, 0.15) is 12.0 Å². The summed E-state index contributed by atoms with van der Waals surface area (Å²) in [4.78, 5) is 18.9. The molecule has 1 amide bonds. The lowest BCUT2D eigenvalue weighted by Crippen LogP contribution is -2.48. The number of fused-ring (bicyclic) bond motifs is 2. The molecule has 3 heterocycles. The van der Waals surface area contributed by atoms with Crippen LogP contribution in [0.5, 0.6) is 0 Å². The molecule has 0 unspecified atom stereocenters. The van der Waals surface area contributed by atoms with Crippen molar-refractivity contribution in [2.45, 2.75) is 18.5 Å². The number of carboxylic acid groups (broad SMARTS) is 1. The van der Waals surface area contributed by atoms with E-state index in [1.54, 1.807) is 12.3 Å². The SMILES string of the molecule is N#Cc1ccc(N2C[C@@H]3C[C@H]2CN3C(=O)O)nc1. The van der Waals surface area contributed by atoms with Gasteiger partial charge in [-0.3, -0.25) is 0 Å². The maximum Gasteiger partial charge on any atom is 0.407 e. The fraction of sp³-hybridized carbons (Fsp3) is 0.417. The van der Waals surface area contributed by atoms with E-state index >= 15 is 0 Å². The molecule has 6 heteroatoms. The molecule has 1 aromatic heterocycles. The first-order valence-electron chi connectivity index (χ1n) is 5.81. The Balaban J connectivity index is 1.77. The lowest BCUT2D eigenvalue weighted by Gasteiger charge is -2.33. The molecule has 1 N–H and O–H groups in total. The van der Waals surface area contributed by atoms with Gasteiger partial charge >= 0.3 is 6.09 Å². The van der Waals surface area contributed by atoms with Gasteiger partial charge in [-0.25, -0.2) is 9.78 Å². The van der Waals surface area contributed by atoms with Gasteiger partial charge in [0.2, 0.25) is 0 Å². The van der Waals surface area contributed by atoms with Crippen LogP contribution in [0.4, 0.5) is 10.6 Å². The van der Waals surface area contributed by atoms with Crippen molar-refractivity contribution in [2.24, 2.45) is 0 Å². The quantitative estimate of drug-likeness (QED) is 0.793. The summed E-state index contributed by atoms with van der Waals surface area (Å²) in [5.41, 5.74) is 0.537. The van der Waals surface area contributed by atoms with Crippen LogP contribution in [0.15, 0.2) is 18.3 Å². The van der Waals surface area contributed by atoms with Crippen LogP contribution in [0, 0.1) is 11.3 Å². The van der Waals surface area contributed by atoms with E-state index in [0.29, 0.717) is 18.7 Å². The molecule has 0 radical (unpaired) electrons. The van der Waals surface area contributed by atoms with Crippen molar-refractivity contribution < 1.29 is 9.90 Å². The number of nitrogens with zero attached hydrogens (tertiary/aromatic N) is 4. The van der Waals surface area contributed by atoms with Crippen molar-refractivity contribution in [3.05, 3.63) is 23.9 Å². The number of rotatable bonds is 1. The maximum absolute atomic E-state index is 11.0. The van der Waals surface area contributed by atoms with Gasteiger partial charge in [0, 0.05) is 19.3 Å². The van der Waals surface area contributed by atoms with Crippen molar-refractivity contribution in [3.8, 4) is 6.07 Å². The second-order valence-electron chi connectivity index (χ2n) is 4.65. The average Bonchev–Trinajstić information content (AvgIpc) is 2.98. The van der Waals surface area contributed by atoms with E-state index in [9.17, 15) is 4.79 Å². The maximum atomic E-state index is 11.0. The average molecular weight is 244 g/mol. The molecule has 2 atom stereocenters. The van der Waals surface area contributed by atoms with Crippen LogP contribution in [0.3, 0.4) is 0 Å². The van der Waals surface area contributed by atoms with E-state index in [4.69, 9.17) is 10.4 Å². The zero-order valence-corrected chi connectivity index (χ0v) is 9.65. The molecule has 2 fully saturated rings. The van der Waals surface area contributed by atoms with E-state index in [1.807, 2.05) is 12.1 Å². The fourth-order valence-electron chi connectivity index (χ4n) is 2.80. The highest BCUT2D eigenvalue weighted by Gasteiger charge is 2.45. The van der Waals surface area contributed by atoms with Crippen LogP contribution in [-0.4, -0.2) is 46.3 Å². The Morgan fingerprint density at radius 2 is 2.28 bits per heavy atom. The van der Waals surface area contributed by atoms with E-state index in [1.165, 1.54) is 4.90 Å². The third-order valence-electron chi connectivity index (χ3n) is 3.66. The Kier molecular flexibility index (Phi) is 2.33. The van der Waals surface area contributed by atoms with Crippen molar-refractivity contribution in [3.63, 3.8) is 0 Å². The molecule has 6 nitrogen and oxygen atoms in total. The van der Waals surface area contributed by atoms with Crippen molar-refractivity contribution in [2.75, 3.05) is 18.0 Å². The molecule has 2 bridgehead atoms. The molecule has 18 heavy (non-hydrogen) atoms. The largest absolute Gasteiger partial charge is 0.465 e. The highest BCUT2D eigenvalue weighted by Crippen LogP contribution is 2.33. The van der Waals surface area contributed by atoms with Crippen LogP contribution in [-0.2, 0) is 0 Å². The summed E-state index contributed by atoms with van der Waals surface area (Å²) < 4.78 is 0. The molecule has 0 spiro atoms. The Morgan fingerprint density at radius 3 is 2.78 bits per heavy atom. The molecule has 2 aliphatic rings. The lowest BCUT2D eigenvalue weighted by molar-refractivity contribution is 0.137. The second-order valence-corrected chi connectivity index (χ2v) is 4.65. The van der Waals surface area contributed by atoms with E-state index < -0.39 is 6.09 Å². The van der Waals surface area contributed by atoms with Gasteiger partial charge in [0.05, 0.1) is 17.6 Å². The van der Waals surface area contributed by atoms with Gasteiger partial charge in [-0.15, -0.1) is 0 Å². The van der Waals surface area contributed by atoms with Gasteiger partial charge in [-0.05, 0) is 18.6 Å². The number of aromatic nitrogens is 1. The zero-order chi connectivity index (χ0) is 12.7. The molecule has 0 aliphatic carbocycles. The molecule has 2 saturated heterocycles. The summed E-state index contributed by atoms with van der Waals surface area (Å²) in [5.74, 6) is 0.825. The fourth-order valence-corrected chi connectivity index (χ4v) is 2.80. The number of hydrogen-bond acceptors (Lipinski definition) is 4. The predicted molar refractivity (Wildman–Crippen MR) is 63.2 cm³/mol. The monoisotopic (exact) mass is 244 g/mol. The van der Waals surface area contributed by atoms with Gasteiger partial charge < -0.3 is 14.9 Å². The summed E-state index contributed by atoms with van der Waals surface area (Å²) >= 11 is 0. The number of likely N-dealkylation sites (tertiary alicyclic amines) is 1. The summed E-state index contributed by atoms with van der Waals surface area (Å²) in [7, 11) is 0. The molecule has 0 saturated carbocycles. The predicted octanol–water partition coefficient (Wildman–Crippen LogP) is 0.894. The Bertz CT molecular complexity index is 522. The summed E-state index contributed by atoms with van der Waals surface area (Å²) in [6, 6.07) is 5.89. The molecule has 0 aromatic carbocycles. The lowest BCUT2D eigenvalue weighted by atomic mass is 10.2. The standard InChI is InChI=1S/C12H12N4O2/c13-4-8-1-2-11(14-5-8)15-6-10-3-9(15)7-16(10)12(17)18/h1-2,5,9-10H,3,6-7H2,(H,17,18)/t9-,10-/m0/s1. The summed E-state index contributed by atoms with van der Waals surface area (Å²) in [5, 5.41) is 17.7. The van der Waals surface area contributed by atoms with E-state index in [0.717, 1.165) is 12.2 Å². The molecule has 3 rings (SSSR count). The number of nitriles is 1. The minimum Gasteiger partial charge on any atom is -0.465 e. The summed E-state index contributed by atoms with van der Waals surface area (Å²) in [6.07, 6.45) is 1.58. The molecule has 2 aliphatic heterocycles. The van der Waals surface area contributed by atoms with Crippen LogP contribution >= 0.6 is 0 Å². The van der Waals surface area contributed by atoms with Crippen LogP contribution in [0.2, 0.25) is 0 Å². The van der Waals surface area contributed by atoms with Gasteiger partial charge in [0.15, 0.2) is 0 Å². The number of piperazine rings is 1. The van der Waals surface area contributed by atoms with Gasteiger partial charge in [0.1, 0.15) is 11.9 Å². The number of pyridine rings is 1. The Morgan fingerprint density at radius 1 is 1.44 bits per heavy atom. The molecule has 1 aromatic rings. The van der Waals surface area contributed by atoms with Gasteiger partial charge in [-0.2, -0.15) is 5.26 Å². The number of carbonyl (C=O) groups is 1. The molecular formula is C12H12N4O2. The first-order chi connectivity index (χ1) is 8.69. The summed E-state index contributed by atoms with van der Waals surface area (Å²) in [6.45, 7) is 1.23. The zero-order valence-electron chi connectivity index (χ0n) is 9.65. The topological polar surface area (TPSA) is 80.5 Å². The first-order valence-corrected chi connectivity index (χ1v) is 5.81. The van der Waals surface area contributed by atoms with E-state index in [-0.39, 0.29) is 12.1 Å². The van der Waals surface area contributed by atoms with E-state index in [2.05, 4.69) is 9.88 Å². The minimum atomic E-state index is -0.838. The van der Waals surface area contributed by atoms with Crippen molar-refractivity contribution in [1.29, 1.82) is 5.26 Å². The minimum absolute atomic E-state index is 0.0740. The second kappa shape index (κ2) is 3.88. The number of hydrogen-bond donors (Lipinski definition) is 1. The van der Waals surface area contributed by atoms with Crippen LogP contribution in [0.25, 0.3) is 0 Å². The number of amides is 1. The third kappa shape index (κ3) is 1.56. The third-order valence-corrected chi connectivity index (χ3v) is 3.66. The van der Waals surface area contributed by atoms with Crippen molar-refractivity contribution >= 4 is 11.9 Å². The highest BCUT2D eigenvalue weighted by molar-refractivity contribution is 5.67. The number of anilines is 1. The van der Waals surface area contributed by atoms with Gasteiger partial charge in [0.25, 0.3) is 0 Å². The molecular weight excluding hydrogens is 232 g/mol. The molecule has 92 valence electrons.